The molecule has 0 bridgehead atoms. The van der Waals surface area contributed by atoms with E-state index < -0.39 is 7.38 Å². The minimum atomic E-state index is -1.79. The number of hydrogen-bond acceptors (Lipinski definition) is 0. The molecule has 18 heavy (non-hydrogen) atoms. The standard InChI is InChI=1S/C16H23ClSi/c17-18(15-10-4-5-11-15,16-12-6-7-13-16)14-8-2-1-3-9-14/h1-3,8-9,15-16H,4-7,10-13H2. The first-order chi connectivity index (χ1) is 8.82. The van der Waals surface area contributed by atoms with Crippen LogP contribution in [-0.2, 0) is 0 Å². The fourth-order valence-corrected chi connectivity index (χ4v) is 10.7. The largest absolute Gasteiger partial charge is 0.192 e. The summed E-state index contributed by atoms with van der Waals surface area (Å²) in [7, 11) is -1.79. The summed E-state index contributed by atoms with van der Waals surface area (Å²) in [5.41, 5.74) is 1.68. The third-order valence-electron chi connectivity index (χ3n) is 5.11. The molecule has 0 atom stereocenters. The van der Waals surface area contributed by atoms with Crippen LogP contribution >= 0.6 is 11.1 Å². The Balaban J connectivity index is 1.96. The summed E-state index contributed by atoms with van der Waals surface area (Å²) in [6, 6.07) is 11.1. The molecule has 0 heterocycles. The van der Waals surface area contributed by atoms with Crippen LogP contribution in [0.3, 0.4) is 0 Å². The van der Waals surface area contributed by atoms with Crippen molar-refractivity contribution in [1.29, 1.82) is 0 Å². The van der Waals surface area contributed by atoms with Gasteiger partial charge in [0.1, 0.15) is 0 Å². The van der Waals surface area contributed by atoms with Crippen LogP contribution in [-0.4, -0.2) is 7.38 Å². The Morgan fingerprint density at radius 3 is 1.67 bits per heavy atom. The molecule has 1 aromatic rings. The van der Waals surface area contributed by atoms with Gasteiger partial charge in [-0.3, -0.25) is 0 Å². The Morgan fingerprint density at radius 1 is 0.778 bits per heavy atom. The van der Waals surface area contributed by atoms with E-state index >= 15 is 0 Å². The molecule has 3 rings (SSSR count). The van der Waals surface area contributed by atoms with Gasteiger partial charge in [0.05, 0.1) is 0 Å². The summed E-state index contributed by atoms with van der Waals surface area (Å²) < 4.78 is 0. The fourth-order valence-electron chi connectivity index (χ4n) is 4.19. The van der Waals surface area contributed by atoms with Crippen molar-refractivity contribution in [2.24, 2.45) is 0 Å². The SMILES string of the molecule is Cl[Si](c1ccccc1)(C1CCCC1)C1CCCC1. The smallest absolute Gasteiger partial charge is 0.160 e. The Hall–Kier alpha value is -0.273. The third-order valence-corrected chi connectivity index (χ3v) is 12.4. The summed E-state index contributed by atoms with van der Waals surface area (Å²) in [4.78, 5) is 0. The van der Waals surface area contributed by atoms with Crippen LogP contribution in [0.2, 0.25) is 11.1 Å². The molecule has 2 aliphatic carbocycles. The highest BCUT2D eigenvalue weighted by Gasteiger charge is 2.49. The van der Waals surface area contributed by atoms with E-state index in [0.717, 1.165) is 11.1 Å². The molecule has 0 radical (unpaired) electrons. The highest BCUT2D eigenvalue weighted by atomic mass is 35.6. The summed E-state index contributed by atoms with van der Waals surface area (Å²) in [5.74, 6) is 0. The van der Waals surface area contributed by atoms with Crippen LogP contribution in [0.25, 0.3) is 0 Å². The normalized spacial score (nSPS) is 22.7. The van der Waals surface area contributed by atoms with Gasteiger partial charge in [-0.2, -0.15) is 11.1 Å². The van der Waals surface area contributed by atoms with Crippen molar-refractivity contribution in [2.75, 3.05) is 0 Å². The van der Waals surface area contributed by atoms with E-state index in [1.165, 1.54) is 56.6 Å². The molecule has 2 saturated carbocycles. The molecule has 0 spiro atoms. The van der Waals surface area contributed by atoms with Gasteiger partial charge >= 0.3 is 0 Å². The van der Waals surface area contributed by atoms with Gasteiger partial charge < -0.3 is 0 Å². The molecule has 0 nitrogen and oxygen atoms in total. The Morgan fingerprint density at radius 2 is 1.22 bits per heavy atom. The average Bonchev–Trinajstić information content (AvgIpc) is 3.12. The molecule has 98 valence electrons. The van der Waals surface area contributed by atoms with Crippen LogP contribution in [0, 0.1) is 0 Å². The zero-order valence-electron chi connectivity index (χ0n) is 11.1. The van der Waals surface area contributed by atoms with Crippen LogP contribution in [0.1, 0.15) is 51.4 Å². The van der Waals surface area contributed by atoms with Crippen LogP contribution in [0.5, 0.6) is 0 Å². The van der Waals surface area contributed by atoms with Crippen LogP contribution in [0.15, 0.2) is 30.3 Å². The number of halogens is 1. The molecular formula is C16H23ClSi. The molecule has 0 amide bonds. The molecule has 0 N–H and O–H groups in total. The maximum Gasteiger partial charge on any atom is 0.192 e. The van der Waals surface area contributed by atoms with E-state index in [1.54, 1.807) is 0 Å². The van der Waals surface area contributed by atoms with E-state index in [4.69, 9.17) is 11.1 Å². The van der Waals surface area contributed by atoms with Crippen molar-refractivity contribution in [1.82, 2.24) is 0 Å². The van der Waals surface area contributed by atoms with Crippen molar-refractivity contribution < 1.29 is 0 Å². The third kappa shape index (κ3) is 2.16. The van der Waals surface area contributed by atoms with E-state index in [2.05, 4.69) is 30.3 Å². The molecule has 2 heteroatoms. The van der Waals surface area contributed by atoms with Crippen LogP contribution < -0.4 is 5.19 Å². The van der Waals surface area contributed by atoms with Crippen LogP contribution in [0.4, 0.5) is 0 Å². The quantitative estimate of drug-likeness (QED) is 0.541. The first-order valence-electron chi connectivity index (χ1n) is 7.56. The zero-order chi connectivity index (χ0) is 12.4. The van der Waals surface area contributed by atoms with Gasteiger partial charge in [0, 0.05) is 0 Å². The monoisotopic (exact) mass is 278 g/mol. The Bertz CT molecular complexity index is 361. The highest BCUT2D eigenvalue weighted by molar-refractivity contribution is 7.28. The lowest BCUT2D eigenvalue weighted by atomic mass is 10.3. The Kier molecular flexibility index (Phi) is 3.81. The fraction of sp³-hybridized carbons (Fsp3) is 0.625. The molecule has 1 aromatic carbocycles. The Labute approximate surface area is 116 Å². The second kappa shape index (κ2) is 5.38. The first-order valence-corrected chi connectivity index (χ1v) is 10.7. The van der Waals surface area contributed by atoms with Gasteiger partial charge in [-0.05, 0) is 16.3 Å². The molecule has 2 fully saturated rings. The molecule has 0 saturated heterocycles. The highest BCUT2D eigenvalue weighted by Crippen LogP contribution is 2.51. The summed E-state index contributed by atoms with van der Waals surface area (Å²) in [6.45, 7) is 0. The second-order valence-corrected chi connectivity index (χ2v) is 11.7. The van der Waals surface area contributed by atoms with E-state index in [0.29, 0.717) is 0 Å². The summed E-state index contributed by atoms with van der Waals surface area (Å²) >= 11 is 7.42. The first kappa shape index (κ1) is 12.7. The topological polar surface area (TPSA) is 0 Å². The summed E-state index contributed by atoms with van der Waals surface area (Å²) in [5, 5.41) is 1.52. The lowest BCUT2D eigenvalue weighted by molar-refractivity contribution is 0.774. The van der Waals surface area contributed by atoms with Crippen molar-refractivity contribution in [3.05, 3.63) is 30.3 Å². The van der Waals surface area contributed by atoms with Crippen molar-refractivity contribution in [3.63, 3.8) is 0 Å². The second-order valence-electron chi connectivity index (χ2n) is 6.10. The lowest BCUT2D eigenvalue weighted by Crippen LogP contribution is -2.49. The van der Waals surface area contributed by atoms with Gasteiger partial charge in [0.2, 0.25) is 0 Å². The van der Waals surface area contributed by atoms with Gasteiger partial charge in [-0.1, -0.05) is 81.7 Å². The van der Waals surface area contributed by atoms with Crippen molar-refractivity contribution in [2.45, 2.75) is 62.4 Å². The van der Waals surface area contributed by atoms with Gasteiger partial charge in [-0.15, -0.1) is 0 Å². The molecule has 0 unspecified atom stereocenters. The predicted octanol–water partition coefficient (Wildman–Crippen LogP) is 4.97. The van der Waals surface area contributed by atoms with Crippen molar-refractivity contribution in [3.8, 4) is 0 Å². The molecule has 2 aliphatic rings. The zero-order valence-corrected chi connectivity index (χ0v) is 12.8. The van der Waals surface area contributed by atoms with E-state index in [9.17, 15) is 0 Å². The average molecular weight is 279 g/mol. The number of hydrogen-bond donors (Lipinski definition) is 0. The van der Waals surface area contributed by atoms with Gasteiger partial charge in [0.15, 0.2) is 7.38 Å². The molecular weight excluding hydrogens is 256 g/mol. The van der Waals surface area contributed by atoms with E-state index in [1.807, 2.05) is 0 Å². The van der Waals surface area contributed by atoms with Crippen molar-refractivity contribution >= 4 is 23.6 Å². The number of benzene rings is 1. The number of rotatable bonds is 3. The van der Waals surface area contributed by atoms with Gasteiger partial charge in [0.25, 0.3) is 0 Å². The minimum absolute atomic E-state index is 0.838. The maximum absolute atomic E-state index is 7.42. The predicted molar refractivity (Wildman–Crippen MR) is 82.1 cm³/mol. The maximum atomic E-state index is 7.42. The molecule has 0 aromatic heterocycles. The lowest BCUT2D eigenvalue weighted by Gasteiger charge is -2.36. The van der Waals surface area contributed by atoms with E-state index in [-0.39, 0.29) is 0 Å². The summed E-state index contributed by atoms with van der Waals surface area (Å²) in [6.07, 6.45) is 11.2. The van der Waals surface area contributed by atoms with Gasteiger partial charge in [-0.25, -0.2) is 0 Å². The minimum Gasteiger partial charge on any atom is -0.160 e. The molecule has 0 aliphatic heterocycles.